The fourth-order valence-electron chi connectivity index (χ4n) is 1.58. The van der Waals surface area contributed by atoms with Crippen LogP contribution in [0.2, 0.25) is 5.02 Å². The summed E-state index contributed by atoms with van der Waals surface area (Å²) >= 11 is 5.65. The Bertz CT molecular complexity index is 529. The molecule has 0 amide bonds. The zero-order valence-electron chi connectivity index (χ0n) is 9.47. The molecule has 100 valence electrons. The van der Waals surface area contributed by atoms with Gasteiger partial charge in [0.05, 0.1) is 23.9 Å². The first kappa shape index (κ1) is 13.4. The molecule has 1 saturated heterocycles. The van der Waals surface area contributed by atoms with Crippen molar-refractivity contribution < 1.29 is 18.3 Å². The number of benzene rings is 1. The van der Waals surface area contributed by atoms with Crippen LogP contribution in [0.5, 0.6) is 5.75 Å². The van der Waals surface area contributed by atoms with Crippen LogP contribution in [0.25, 0.3) is 0 Å². The molecule has 0 radical (unpaired) electrons. The van der Waals surface area contributed by atoms with Gasteiger partial charge in [-0.2, -0.15) is 12.7 Å². The molecule has 0 aromatic heterocycles. The second kappa shape index (κ2) is 5.31. The lowest BCUT2D eigenvalue weighted by Gasteiger charge is -2.26. The van der Waals surface area contributed by atoms with Gasteiger partial charge in [-0.3, -0.25) is 4.72 Å². The number of anilines is 1. The SMILES string of the molecule is O=S(=O)(Nc1ccc(Cl)c(O)c1)N1CCOCC1. The molecule has 0 saturated carbocycles. The third-order valence-electron chi connectivity index (χ3n) is 2.50. The molecule has 0 aliphatic carbocycles. The number of ether oxygens (including phenoxy) is 1. The van der Waals surface area contributed by atoms with Gasteiger partial charge in [-0.1, -0.05) is 11.6 Å². The maximum atomic E-state index is 12.0. The predicted octanol–water partition coefficient (Wildman–Crippen LogP) is 1.03. The second-order valence-electron chi connectivity index (χ2n) is 3.78. The molecule has 0 atom stereocenters. The predicted molar refractivity (Wildman–Crippen MR) is 68.1 cm³/mol. The molecule has 1 aromatic rings. The second-order valence-corrected chi connectivity index (χ2v) is 5.86. The summed E-state index contributed by atoms with van der Waals surface area (Å²) in [5.41, 5.74) is 0.267. The normalized spacial score (nSPS) is 17.6. The van der Waals surface area contributed by atoms with Gasteiger partial charge in [-0.05, 0) is 12.1 Å². The fourth-order valence-corrected chi connectivity index (χ4v) is 2.88. The van der Waals surface area contributed by atoms with Crippen molar-refractivity contribution in [1.29, 1.82) is 0 Å². The molecule has 1 heterocycles. The standard InChI is InChI=1S/C10H13ClN2O4S/c11-9-2-1-8(7-10(9)14)12-18(15,16)13-3-5-17-6-4-13/h1-2,7,12,14H,3-6H2. The molecular formula is C10H13ClN2O4S. The van der Waals surface area contributed by atoms with Gasteiger partial charge in [0.25, 0.3) is 0 Å². The zero-order valence-corrected chi connectivity index (χ0v) is 11.0. The number of aromatic hydroxyl groups is 1. The number of morpholine rings is 1. The van der Waals surface area contributed by atoms with Crippen LogP contribution in [-0.2, 0) is 14.9 Å². The highest BCUT2D eigenvalue weighted by Crippen LogP contribution is 2.27. The Balaban J connectivity index is 2.13. The summed E-state index contributed by atoms with van der Waals surface area (Å²) in [6.45, 7) is 1.39. The Labute approximate surface area is 110 Å². The molecule has 18 heavy (non-hydrogen) atoms. The molecule has 1 aliphatic heterocycles. The Morgan fingerprint density at radius 1 is 1.33 bits per heavy atom. The molecular weight excluding hydrogens is 280 g/mol. The van der Waals surface area contributed by atoms with Crippen LogP contribution in [0, 0.1) is 0 Å². The highest BCUT2D eigenvalue weighted by molar-refractivity contribution is 7.90. The van der Waals surface area contributed by atoms with Gasteiger partial charge in [0.1, 0.15) is 5.75 Å². The van der Waals surface area contributed by atoms with E-state index in [9.17, 15) is 13.5 Å². The van der Waals surface area contributed by atoms with Crippen LogP contribution in [0.15, 0.2) is 18.2 Å². The largest absolute Gasteiger partial charge is 0.506 e. The summed E-state index contributed by atoms with van der Waals surface area (Å²) in [7, 11) is -3.62. The van der Waals surface area contributed by atoms with Gasteiger partial charge < -0.3 is 9.84 Å². The number of nitrogens with zero attached hydrogens (tertiary/aromatic N) is 1. The first-order chi connectivity index (χ1) is 8.49. The molecule has 1 aliphatic rings. The van der Waals surface area contributed by atoms with Gasteiger partial charge in [0, 0.05) is 19.2 Å². The smallest absolute Gasteiger partial charge is 0.301 e. The van der Waals surface area contributed by atoms with E-state index in [4.69, 9.17) is 16.3 Å². The summed E-state index contributed by atoms with van der Waals surface area (Å²) in [5.74, 6) is -0.168. The molecule has 1 aromatic carbocycles. The van der Waals surface area contributed by atoms with Crippen LogP contribution in [0.4, 0.5) is 5.69 Å². The van der Waals surface area contributed by atoms with Crippen molar-refractivity contribution in [2.24, 2.45) is 0 Å². The van der Waals surface area contributed by atoms with Crippen LogP contribution >= 0.6 is 11.6 Å². The van der Waals surface area contributed by atoms with Crippen molar-refractivity contribution in [3.63, 3.8) is 0 Å². The van der Waals surface area contributed by atoms with E-state index >= 15 is 0 Å². The van der Waals surface area contributed by atoms with E-state index in [0.717, 1.165) is 0 Å². The van der Waals surface area contributed by atoms with E-state index < -0.39 is 10.2 Å². The molecule has 2 rings (SSSR count). The number of nitrogens with one attached hydrogen (secondary N) is 1. The van der Waals surface area contributed by atoms with Crippen LogP contribution in [-0.4, -0.2) is 44.1 Å². The van der Waals surface area contributed by atoms with E-state index in [1.165, 1.54) is 22.5 Å². The first-order valence-electron chi connectivity index (χ1n) is 5.33. The minimum atomic E-state index is -3.62. The van der Waals surface area contributed by atoms with E-state index in [-0.39, 0.29) is 16.5 Å². The topological polar surface area (TPSA) is 78.9 Å². The van der Waals surface area contributed by atoms with Crippen LogP contribution < -0.4 is 4.72 Å². The Morgan fingerprint density at radius 2 is 2.00 bits per heavy atom. The van der Waals surface area contributed by atoms with Crippen molar-refractivity contribution in [3.05, 3.63) is 23.2 Å². The van der Waals surface area contributed by atoms with E-state index in [1.54, 1.807) is 0 Å². The third-order valence-corrected chi connectivity index (χ3v) is 4.36. The quantitative estimate of drug-likeness (QED) is 0.872. The highest BCUT2D eigenvalue weighted by Gasteiger charge is 2.24. The monoisotopic (exact) mass is 292 g/mol. The van der Waals surface area contributed by atoms with E-state index in [1.807, 2.05) is 0 Å². The molecule has 0 unspecified atom stereocenters. The average molecular weight is 293 g/mol. The Hall–Kier alpha value is -1.02. The average Bonchev–Trinajstić information content (AvgIpc) is 2.35. The van der Waals surface area contributed by atoms with Gasteiger partial charge in [-0.15, -0.1) is 0 Å². The summed E-state index contributed by atoms with van der Waals surface area (Å²) in [6, 6.07) is 4.18. The van der Waals surface area contributed by atoms with E-state index in [2.05, 4.69) is 4.72 Å². The molecule has 6 nitrogen and oxygen atoms in total. The van der Waals surface area contributed by atoms with Crippen molar-refractivity contribution in [3.8, 4) is 5.75 Å². The fraction of sp³-hybridized carbons (Fsp3) is 0.400. The molecule has 2 N–H and O–H groups in total. The van der Waals surface area contributed by atoms with E-state index in [0.29, 0.717) is 26.3 Å². The lowest BCUT2D eigenvalue weighted by atomic mass is 10.3. The van der Waals surface area contributed by atoms with Crippen molar-refractivity contribution >= 4 is 27.5 Å². The maximum absolute atomic E-state index is 12.0. The zero-order chi connectivity index (χ0) is 13.2. The number of rotatable bonds is 3. The summed E-state index contributed by atoms with van der Waals surface area (Å²) < 4.78 is 32.8. The lowest BCUT2D eigenvalue weighted by Crippen LogP contribution is -2.43. The summed E-state index contributed by atoms with van der Waals surface area (Å²) in [5, 5.41) is 9.58. The molecule has 8 heteroatoms. The minimum Gasteiger partial charge on any atom is -0.506 e. The number of phenols is 1. The third kappa shape index (κ3) is 3.05. The van der Waals surface area contributed by atoms with Gasteiger partial charge in [-0.25, -0.2) is 0 Å². The van der Waals surface area contributed by atoms with Crippen LogP contribution in [0.1, 0.15) is 0 Å². The lowest BCUT2D eigenvalue weighted by molar-refractivity contribution is 0.0733. The van der Waals surface area contributed by atoms with Gasteiger partial charge in [0.15, 0.2) is 0 Å². The Kier molecular flexibility index (Phi) is 3.96. The van der Waals surface area contributed by atoms with Crippen molar-refractivity contribution in [2.45, 2.75) is 0 Å². The number of halogens is 1. The molecule has 1 fully saturated rings. The van der Waals surface area contributed by atoms with Crippen LogP contribution in [0.3, 0.4) is 0 Å². The molecule has 0 spiro atoms. The van der Waals surface area contributed by atoms with Gasteiger partial charge in [0.2, 0.25) is 0 Å². The van der Waals surface area contributed by atoms with Gasteiger partial charge >= 0.3 is 10.2 Å². The summed E-state index contributed by atoms with van der Waals surface area (Å²) in [4.78, 5) is 0. The number of phenolic OH excluding ortho intramolecular Hbond substituents is 1. The minimum absolute atomic E-state index is 0.168. The number of hydrogen-bond acceptors (Lipinski definition) is 4. The summed E-state index contributed by atoms with van der Waals surface area (Å²) in [6.07, 6.45) is 0. The Morgan fingerprint density at radius 3 is 2.61 bits per heavy atom. The molecule has 0 bridgehead atoms. The van der Waals surface area contributed by atoms with Crippen molar-refractivity contribution in [1.82, 2.24) is 4.31 Å². The highest BCUT2D eigenvalue weighted by atomic mass is 35.5. The number of hydrogen-bond donors (Lipinski definition) is 2. The maximum Gasteiger partial charge on any atom is 0.301 e. The first-order valence-corrected chi connectivity index (χ1v) is 7.15. The van der Waals surface area contributed by atoms with Crippen molar-refractivity contribution in [2.75, 3.05) is 31.0 Å².